The van der Waals surface area contributed by atoms with Crippen LogP contribution < -0.4 is 11.1 Å². The maximum Gasteiger partial charge on any atom is 0.419 e. The van der Waals surface area contributed by atoms with Crippen molar-refractivity contribution >= 4 is 11.6 Å². The van der Waals surface area contributed by atoms with E-state index in [1.54, 1.807) is 0 Å². The smallest absolute Gasteiger partial charge is 0.330 e. The SMILES string of the molecule is NCCCCCC(=O)Nc1ccc(F)c(C(F)(F)F)c1. The molecule has 20 heavy (non-hydrogen) atoms. The molecule has 0 fully saturated rings. The second-order valence-electron chi connectivity index (χ2n) is 4.34. The van der Waals surface area contributed by atoms with Crippen LogP contribution in [-0.2, 0) is 11.0 Å². The van der Waals surface area contributed by atoms with Crippen LogP contribution >= 0.6 is 0 Å². The van der Waals surface area contributed by atoms with Crippen LogP contribution in [0.3, 0.4) is 0 Å². The molecule has 0 saturated heterocycles. The number of benzene rings is 1. The highest BCUT2D eigenvalue weighted by Gasteiger charge is 2.34. The fourth-order valence-corrected chi connectivity index (χ4v) is 1.65. The molecular formula is C13H16F4N2O. The van der Waals surface area contributed by atoms with E-state index in [1.807, 2.05) is 0 Å². The minimum atomic E-state index is -4.79. The van der Waals surface area contributed by atoms with Crippen molar-refractivity contribution in [3.8, 4) is 0 Å². The molecule has 0 radical (unpaired) electrons. The van der Waals surface area contributed by atoms with Crippen molar-refractivity contribution < 1.29 is 22.4 Å². The molecule has 0 aliphatic rings. The quantitative estimate of drug-likeness (QED) is 0.624. The lowest BCUT2D eigenvalue weighted by atomic mass is 10.1. The third kappa shape index (κ3) is 5.16. The van der Waals surface area contributed by atoms with Crippen molar-refractivity contribution in [2.75, 3.05) is 11.9 Å². The van der Waals surface area contributed by atoms with Gasteiger partial charge in [-0.1, -0.05) is 6.42 Å². The van der Waals surface area contributed by atoms with Crippen LogP contribution in [-0.4, -0.2) is 12.5 Å². The Morgan fingerprint density at radius 3 is 2.50 bits per heavy atom. The minimum Gasteiger partial charge on any atom is -0.330 e. The molecular weight excluding hydrogens is 276 g/mol. The second kappa shape index (κ2) is 7.23. The lowest BCUT2D eigenvalue weighted by molar-refractivity contribution is -0.140. The molecule has 3 N–H and O–H groups in total. The molecule has 0 aliphatic heterocycles. The van der Waals surface area contributed by atoms with E-state index in [0.717, 1.165) is 18.9 Å². The second-order valence-corrected chi connectivity index (χ2v) is 4.34. The van der Waals surface area contributed by atoms with Gasteiger partial charge in [-0.25, -0.2) is 4.39 Å². The lowest BCUT2D eigenvalue weighted by Crippen LogP contribution is -2.14. The Morgan fingerprint density at radius 1 is 1.20 bits per heavy atom. The Kier molecular flexibility index (Phi) is 5.94. The molecule has 0 unspecified atom stereocenters. The Hall–Kier alpha value is -1.63. The molecule has 7 heteroatoms. The zero-order chi connectivity index (χ0) is 15.2. The minimum absolute atomic E-state index is 0.0671. The number of halogens is 4. The molecule has 1 aromatic rings. The van der Waals surface area contributed by atoms with Crippen LogP contribution in [0.15, 0.2) is 18.2 Å². The summed E-state index contributed by atoms with van der Waals surface area (Å²) < 4.78 is 50.5. The largest absolute Gasteiger partial charge is 0.419 e. The first-order valence-electron chi connectivity index (χ1n) is 6.21. The number of rotatable bonds is 6. The van der Waals surface area contributed by atoms with Gasteiger partial charge in [0.15, 0.2) is 0 Å². The highest BCUT2D eigenvalue weighted by molar-refractivity contribution is 5.90. The van der Waals surface area contributed by atoms with E-state index >= 15 is 0 Å². The highest BCUT2D eigenvalue weighted by Crippen LogP contribution is 2.33. The average Bonchev–Trinajstić information content (AvgIpc) is 2.36. The van der Waals surface area contributed by atoms with Crippen LogP contribution in [0.2, 0.25) is 0 Å². The van der Waals surface area contributed by atoms with Gasteiger partial charge in [0.05, 0.1) is 5.56 Å². The van der Waals surface area contributed by atoms with Gasteiger partial charge in [-0.2, -0.15) is 13.2 Å². The molecule has 112 valence electrons. The van der Waals surface area contributed by atoms with Crippen LogP contribution in [0.5, 0.6) is 0 Å². The number of anilines is 1. The number of alkyl halides is 3. The third-order valence-corrected chi connectivity index (χ3v) is 2.66. The molecule has 1 aromatic carbocycles. The van der Waals surface area contributed by atoms with Gasteiger partial charge in [0.2, 0.25) is 5.91 Å². The van der Waals surface area contributed by atoms with Crippen LogP contribution in [0, 0.1) is 5.82 Å². The van der Waals surface area contributed by atoms with Crippen LogP contribution in [0.25, 0.3) is 0 Å². The molecule has 0 aromatic heterocycles. The Balaban J connectivity index is 2.62. The number of nitrogens with two attached hydrogens (primary N) is 1. The Bertz CT molecular complexity index is 460. The number of carbonyl (C=O) groups excluding carboxylic acids is 1. The van der Waals surface area contributed by atoms with Gasteiger partial charge < -0.3 is 11.1 Å². The maximum atomic E-state index is 13.0. The summed E-state index contributed by atoms with van der Waals surface area (Å²) in [6.45, 7) is 0.536. The monoisotopic (exact) mass is 292 g/mol. The predicted molar refractivity (Wildman–Crippen MR) is 67.6 cm³/mol. The van der Waals surface area contributed by atoms with E-state index in [-0.39, 0.29) is 12.1 Å². The molecule has 1 amide bonds. The number of carbonyl (C=O) groups is 1. The summed E-state index contributed by atoms with van der Waals surface area (Å²) in [5.74, 6) is -1.76. The summed E-state index contributed by atoms with van der Waals surface area (Å²) in [5.41, 5.74) is 3.84. The average molecular weight is 292 g/mol. The number of amides is 1. The number of nitrogens with one attached hydrogen (secondary N) is 1. The number of hydrogen-bond donors (Lipinski definition) is 2. The summed E-state index contributed by atoms with van der Waals surface area (Å²) in [6, 6.07) is 2.38. The van der Waals surface area contributed by atoms with Crippen molar-refractivity contribution in [3.63, 3.8) is 0 Å². The highest BCUT2D eigenvalue weighted by atomic mass is 19.4. The van der Waals surface area contributed by atoms with Crippen molar-refractivity contribution in [2.24, 2.45) is 5.73 Å². The summed E-state index contributed by atoms with van der Waals surface area (Å²) >= 11 is 0. The predicted octanol–water partition coefficient (Wildman–Crippen LogP) is 3.30. The molecule has 0 saturated carbocycles. The summed E-state index contributed by atoms with van der Waals surface area (Å²) in [5, 5.41) is 2.32. The van der Waals surface area contributed by atoms with E-state index in [2.05, 4.69) is 5.32 Å². The van der Waals surface area contributed by atoms with E-state index in [4.69, 9.17) is 5.73 Å². The van der Waals surface area contributed by atoms with Gasteiger partial charge in [-0.3, -0.25) is 4.79 Å². The van der Waals surface area contributed by atoms with E-state index in [9.17, 15) is 22.4 Å². The first kappa shape index (κ1) is 16.4. The van der Waals surface area contributed by atoms with Crippen LogP contribution in [0.4, 0.5) is 23.2 Å². The zero-order valence-electron chi connectivity index (χ0n) is 10.8. The lowest BCUT2D eigenvalue weighted by Gasteiger charge is -2.11. The van der Waals surface area contributed by atoms with Gasteiger partial charge in [0, 0.05) is 12.1 Å². The molecule has 1 rings (SSSR count). The fourth-order valence-electron chi connectivity index (χ4n) is 1.65. The van der Waals surface area contributed by atoms with Gasteiger partial charge in [0.1, 0.15) is 5.82 Å². The van der Waals surface area contributed by atoms with Crippen molar-refractivity contribution in [3.05, 3.63) is 29.6 Å². The van der Waals surface area contributed by atoms with Gasteiger partial charge in [-0.15, -0.1) is 0 Å². The molecule has 0 heterocycles. The summed E-state index contributed by atoms with van der Waals surface area (Å²) in [7, 11) is 0. The fraction of sp³-hybridized carbons (Fsp3) is 0.462. The normalized spacial score (nSPS) is 11.4. The summed E-state index contributed by atoms with van der Waals surface area (Å²) in [4.78, 5) is 11.5. The molecule has 3 nitrogen and oxygen atoms in total. The van der Waals surface area contributed by atoms with Crippen molar-refractivity contribution in [2.45, 2.75) is 31.9 Å². The van der Waals surface area contributed by atoms with E-state index in [1.165, 1.54) is 0 Å². The Labute approximate surface area is 114 Å². The molecule has 0 spiro atoms. The van der Waals surface area contributed by atoms with E-state index < -0.39 is 23.5 Å². The van der Waals surface area contributed by atoms with Crippen LogP contribution in [0.1, 0.15) is 31.2 Å². The first-order valence-corrected chi connectivity index (χ1v) is 6.21. The topological polar surface area (TPSA) is 55.1 Å². The maximum absolute atomic E-state index is 13.0. The summed E-state index contributed by atoms with van der Waals surface area (Å²) in [6.07, 6.45) is -2.41. The number of unbranched alkanes of at least 4 members (excludes halogenated alkanes) is 2. The molecule has 0 bridgehead atoms. The number of hydrogen-bond acceptors (Lipinski definition) is 2. The van der Waals surface area contributed by atoms with Crippen molar-refractivity contribution in [1.29, 1.82) is 0 Å². The Morgan fingerprint density at radius 2 is 1.90 bits per heavy atom. The van der Waals surface area contributed by atoms with Crippen molar-refractivity contribution in [1.82, 2.24) is 0 Å². The molecule has 0 aliphatic carbocycles. The third-order valence-electron chi connectivity index (χ3n) is 2.66. The zero-order valence-corrected chi connectivity index (χ0v) is 10.8. The van der Waals surface area contributed by atoms with Gasteiger partial charge in [0.25, 0.3) is 0 Å². The van der Waals surface area contributed by atoms with Gasteiger partial charge in [-0.05, 0) is 37.6 Å². The van der Waals surface area contributed by atoms with E-state index in [0.29, 0.717) is 25.1 Å². The molecule has 0 atom stereocenters. The van der Waals surface area contributed by atoms with Gasteiger partial charge >= 0.3 is 6.18 Å². The first-order chi connectivity index (χ1) is 9.34. The standard InChI is InChI=1S/C13H16F4N2O/c14-11-6-5-9(8-10(11)13(15,16)17)19-12(20)4-2-1-3-7-18/h5-6,8H,1-4,7,18H2,(H,19,20).